The Balaban J connectivity index is 1.89. The maximum absolute atomic E-state index is 12.9. The number of rotatable bonds is 6. The first-order valence-corrected chi connectivity index (χ1v) is 9.27. The topological polar surface area (TPSA) is 91.1 Å². The summed E-state index contributed by atoms with van der Waals surface area (Å²) in [6.45, 7) is 0. The van der Waals surface area contributed by atoms with E-state index in [9.17, 15) is 18.0 Å². The van der Waals surface area contributed by atoms with E-state index < -0.39 is 24.2 Å². The summed E-state index contributed by atoms with van der Waals surface area (Å²) in [6.07, 6.45) is -2.59. The number of amides is 1. The van der Waals surface area contributed by atoms with Gasteiger partial charge in [-0.05, 0) is 35.9 Å². The van der Waals surface area contributed by atoms with Crippen LogP contribution in [0.4, 0.5) is 24.8 Å². The van der Waals surface area contributed by atoms with E-state index in [0.717, 1.165) is 0 Å². The minimum absolute atomic E-state index is 0.00576. The number of carbonyl (C=O) groups excluding carboxylic acids is 1. The summed E-state index contributed by atoms with van der Waals surface area (Å²) in [5, 5.41) is 10.1. The molecule has 0 fully saturated rings. The van der Waals surface area contributed by atoms with Gasteiger partial charge in [0.2, 0.25) is 5.95 Å². The van der Waals surface area contributed by atoms with Crippen LogP contribution in [0.5, 0.6) is 0 Å². The number of carbonyl (C=O) groups is 1. The molecule has 3 rings (SSSR count). The van der Waals surface area contributed by atoms with Gasteiger partial charge in [-0.2, -0.15) is 13.2 Å². The van der Waals surface area contributed by atoms with E-state index in [1.54, 1.807) is 30.3 Å². The molecule has 0 bridgehead atoms. The lowest BCUT2D eigenvalue weighted by molar-refractivity contribution is -0.0605. The third-order valence-electron chi connectivity index (χ3n) is 4.07. The number of halogens is 4. The molecule has 1 heterocycles. The fourth-order valence-electron chi connectivity index (χ4n) is 2.51. The van der Waals surface area contributed by atoms with E-state index in [1.165, 1.54) is 36.7 Å². The number of nitrogens with zero attached hydrogens (tertiary/aromatic N) is 3. The van der Waals surface area contributed by atoms with Gasteiger partial charge in [-0.3, -0.25) is 15.1 Å². The second-order valence-corrected chi connectivity index (χ2v) is 6.67. The van der Waals surface area contributed by atoms with Gasteiger partial charge < -0.3 is 5.41 Å². The van der Waals surface area contributed by atoms with Crippen molar-refractivity contribution >= 4 is 40.6 Å². The molecule has 0 saturated heterocycles. The number of hydrogen-bond donors (Lipinski definition) is 2. The van der Waals surface area contributed by atoms with Crippen LogP contribution in [-0.2, 0) is 0 Å². The van der Waals surface area contributed by atoms with Crippen LogP contribution < -0.4 is 5.32 Å². The van der Waals surface area contributed by atoms with E-state index in [-0.39, 0.29) is 27.9 Å². The number of para-hydroxylation sites is 1. The van der Waals surface area contributed by atoms with Crippen molar-refractivity contribution in [3.8, 4) is 0 Å². The predicted molar refractivity (Wildman–Crippen MR) is 112 cm³/mol. The van der Waals surface area contributed by atoms with Gasteiger partial charge in [-0.25, -0.2) is 9.97 Å². The van der Waals surface area contributed by atoms with Crippen molar-refractivity contribution in [3.05, 3.63) is 83.1 Å². The van der Waals surface area contributed by atoms with Crippen molar-refractivity contribution in [3.63, 3.8) is 0 Å². The first-order valence-electron chi connectivity index (χ1n) is 8.89. The highest BCUT2D eigenvalue weighted by atomic mass is 35.5. The zero-order valence-corrected chi connectivity index (χ0v) is 16.6. The summed E-state index contributed by atoms with van der Waals surface area (Å²) < 4.78 is 38.8. The van der Waals surface area contributed by atoms with Crippen LogP contribution >= 0.6 is 11.6 Å². The Labute approximate surface area is 180 Å². The minimum Gasteiger partial charge on any atom is -0.300 e. The van der Waals surface area contributed by atoms with Crippen LogP contribution in [0, 0.1) is 5.41 Å². The van der Waals surface area contributed by atoms with Gasteiger partial charge in [0, 0.05) is 24.4 Å². The van der Waals surface area contributed by atoms with Crippen molar-refractivity contribution in [1.29, 1.82) is 5.41 Å². The van der Waals surface area contributed by atoms with Crippen molar-refractivity contribution < 1.29 is 18.0 Å². The second kappa shape index (κ2) is 9.48. The lowest BCUT2D eigenvalue weighted by Gasteiger charge is -2.12. The maximum Gasteiger partial charge on any atom is 0.429 e. The highest BCUT2D eigenvalue weighted by molar-refractivity contribution is 6.33. The van der Waals surface area contributed by atoms with Crippen LogP contribution in [0.3, 0.4) is 0 Å². The largest absolute Gasteiger partial charge is 0.429 e. The van der Waals surface area contributed by atoms with Crippen LogP contribution in [0.2, 0.25) is 5.02 Å². The number of anilines is 1. The van der Waals surface area contributed by atoms with Gasteiger partial charge in [0.05, 0.1) is 16.4 Å². The van der Waals surface area contributed by atoms with Crippen molar-refractivity contribution in [2.45, 2.75) is 12.6 Å². The third kappa shape index (κ3) is 5.95. The predicted octanol–water partition coefficient (Wildman–Crippen LogP) is 5.48. The molecule has 0 saturated carbocycles. The molecule has 0 aliphatic heterocycles. The molecular formula is C21H15ClF3N5O. The molecule has 0 aliphatic rings. The smallest absolute Gasteiger partial charge is 0.300 e. The molecule has 0 unspecified atom stereocenters. The first-order chi connectivity index (χ1) is 14.7. The number of alkyl halides is 3. The molecule has 158 valence electrons. The molecule has 0 aliphatic carbocycles. The van der Waals surface area contributed by atoms with Gasteiger partial charge in [0.25, 0.3) is 5.91 Å². The fraction of sp³-hybridized carbons (Fsp3) is 0.0952. The Hall–Kier alpha value is -3.59. The molecule has 0 atom stereocenters. The number of nitrogens with one attached hydrogen (secondary N) is 2. The molecule has 3 aromatic rings. The normalized spacial score (nSPS) is 11.8. The highest BCUT2D eigenvalue weighted by Gasteiger charge is 2.35. The van der Waals surface area contributed by atoms with Gasteiger partial charge in [-0.15, -0.1) is 0 Å². The lowest BCUT2D eigenvalue weighted by Crippen LogP contribution is -2.25. The lowest BCUT2D eigenvalue weighted by atomic mass is 10.0. The quantitative estimate of drug-likeness (QED) is 0.492. The van der Waals surface area contributed by atoms with E-state index >= 15 is 0 Å². The molecule has 2 aromatic carbocycles. The highest BCUT2D eigenvalue weighted by Crippen LogP contribution is 2.27. The molecule has 1 aromatic heterocycles. The average molecular weight is 446 g/mol. The molecule has 10 heteroatoms. The second-order valence-electron chi connectivity index (χ2n) is 6.27. The third-order valence-corrected chi connectivity index (χ3v) is 4.39. The fourth-order valence-corrected chi connectivity index (χ4v) is 2.69. The molecule has 1 amide bonds. The zero-order chi connectivity index (χ0) is 22.4. The van der Waals surface area contributed by atoms with E-state index in [4.69, 9.17) is 17.0 Å². The molecule has 31 heavy (non-hydrogen) atoms. The van der Waals surface area contributed by atoms with Crippen LogP contribution in [0.25, 0.3) is 0 Å². The van der Waals surface area contributed by atoms with E-state index in [0.29, 0.717) is 5.56 Å². The summed E-state index contributed by atoms with van der Waals surface area (Å²) in [4.78, 5) is 24.4. The summed E-state index contributed by atoms with van der Waals surface area (Å²) in [7, 11) is 0. The molecule has 2 N–H and O–H groups in total. The maximum atomic E-state index is 12.9. The summed E-state index contributed by atoms with van der Waals surface area (Å²) in [6, 6.07) is 13.8. The van der Waals surface area contributed by atoms with Crippen LogP contribution in [-0.4, -0.2) is 33.5 Å². The summed E-state index contributed by atoms with van der Waals surface area (Å²) >= 11 is 6.08. The molecule has 6 nitrogen and oxygen atoms in total. The number of aliphatic imine (C=N–C) groups is 1. The average Bonchev–Trinajstić information content (AvgIpc) is 2.75. The first kappa shape index (κ1) is 22.1. The number of benzene rings is 2. The monoisotopic (exact) mass is 445 g/mol. The Morgan fingerprint density at radius 2 is 1.61 bits per heavy atom. The van der Waals surface area contributed by atoms with Gasteiger partial charge >= 0.3 is 6.18 Å². The van der Waals surface area contributed by atoms with Crippen molar-refractivity contribution in [1.82, 2.24) is 9.97 Å². The molecular weight excluding hydrogens is 431 g/mol. The van der Waals surface area contributed by atoms with Crippen LogP contribution in [0.15, 0.2) is 72.0 Å². The minimum atomic E-state index is -4.78. The van der Waals surface area contributed by atoms with Gasteiger partial charge in [-0.1, -0.05) is 35.9 Å². The Morgan fingerprint density at radius 3 is 2.23 bits per heavy atom. The number of aromatic nitrogens is 2. The van der Waals surface area contributed by atoms with Gasteiger partial charge in [0.1, 0.15) is 5.71 Å². The summed E-state index contributed by atoms with van der Waals surface area (Å²) in [5.41, 5.74) is -0.604. The van der Waals surface area contributed by atoms with Crippen molar-refractivity contribution in [2.24, 2.45) is 4.99 Å². The van der Waals surface area contributed by atoms with Crippen LogP contribution in [0.1, 0.15) is 22.3 Å². The van der Waals surface area contributed by atoms with Gasteiger partial charge in [0.15, 0.2) is 0 Å². The Kier molecular flexibility index (Phi) is 6.76. The molecule has 0 radical (unpaired) electrons. The number of hydrogen-bond acceptors (Lipinski definition) is 5. The van der Waals surface area contributed by atoms with Crippen molar-refractivity contribution in [2.75, 3.05) is 5.32 Å². The zero-order valence-electron chi connectivity index (χ0n) is 15.8. The van der Waals surface area contributed by atoms with E-state index in [1.807, 2.05) is 0 Å². The Bertz CT molecular complexity index is 1120. The standard InChI is InChI=1S/C21H15ClF3N5O/c22-15-4-1-2-5-16(15)29-17(12-18(26)21(23,24)25)13-6-8-14(9-7-13)19(31)30-20-27-10-3-11-28-20/h1-11,26H,12H2,(H,27,28,30,31). The Morgan fingerprint density at radius 1 is 1.00 bits per heavy atom. The molecule has 0 spiro atoms. The van der Waals surface area contributed by atoms with E-state index in [2.05, 4.69) is 20.3 Å². The SMILES string of the molecule is N=C(CC(=Nc1ccccc1Cl)c1ccc(C(=O)Nc2ncccn2)cc1)C(F)(F)F. The summed E-state index contributed by atoms with van der Waals surface area (Å²) in [5.74, 6) is -0.360.